The summed E-state index contributed by atoms with van der Waals surface area (Å²) in [6.45, 7) is 2.54. The van der Waals surface area contributed by atoms with Gasteiger partial charge in [-0.3, -0.25) is 0 Å². The van der Waals surface area contributed by atoms with Crippen molar-refractivity contribution >= 4 is 5.97 Å². The number of aromatic nitrogens is 3. The van der Waals surface area contributed by atoms with Crippen molar-refractivity contribution in [2.24, 2.45) is 0 Å². The Bertz CT molecular complexity index is 827. The predicted octanol–water partition coefficient (Wildman–Crippen LogP) is 2.86. The van der Waals surface area contributed by atoms with Crippen LogP contribution < -0.4 is 9.47 Å². The van der Waals surface area contributed by atoms with Crippen molar-refractivity contribution < 1.29 is 14.3 Å². The second-order valence-corrected chi connectivity index (χ2v) is 5.33. The van der Waals surface area contributed by atoms with Crippen LogP contribution >= 0.6 is 0 Å². The zero-order valence-electron chi connectivity index (χ0n) is 13.5. The van der Waals surface area contributed by atoms with Gasteiger partial charge in [-0.25, -0.2) is 14.5 Å². The summed E-state index contributed by atoms with van der Waals surface area (Å²) in [5.41, 5.74) is 2.52. The summed E-state index contributed by atoms with van der Waals surface area (Å²) in [6, 6.07) is 12.6. The minimum atomic E-state index is -0.426. The molecule has 0 N–H and O–H groups in total. The topological polar surface area (TPSA) is 66.2 Å². The van der Waals surface area contributed by atoms with E-state index in [1.807, 2.05) is 31.2 Å². The van der Waals surface area contributed by atoms with Crippen molar-refractivity contribution in [3.63, 3.8) is 0 Å². The van der Waals surface area contributed by atoms with Gasteiger partial charge in [0.1, 0.15) is 12.7 Å². The Morgan fingerprint density at radius 1 is 1.12 bits per heavy atom. The number of hydrogen-bond donors (Lipinski definition) is 0. The highest BCUT2D eigenvalue weighted by atomic mass is 16.6. The molecule has 0 saturated carbocycles. The Morgan fingerprint density at radius 2 is 1.92 bits per heavy atom. The molecule has 2 aromatic carbocycles. The standard InChI is InChI=1S/C18H17N3O3/c1-13-3-8-16(17(9-13)23-2)24-18(22)15-6-4-14(5-7-15)10-21-12-19-11-20-21/h3-9,11-12H,10H2,1-2H3. The zero-order chi connectivity index (χ0) is 16.9. The van der Waals surface area contributed by atoms with Gasteiger partial charge in [0.05, 0.1) is 19.2 Å². The molecular formula is C18H17N3O3. The maximum Gasteiger partial charge on any atom is 0.343 e. The number of carbonyl (C=O) groups is 1. The molecule has 0 aliphatic carbocycles. The van der Waals surface area contributed by atoms with Gasteiger partial charge >= 0.3 is 5.97 Å². The second kappa shape index (κ2) is 6.95. The van der Waals surface area contributed by atoms with Crippen LogP contribution in [0, 0.1) is 6.92 Å². The molecule has 3 rings (SSSR count). The van der Waals surface area contributed by atoms with Crippen molar-refractivity contribution in [1.82, 2.24) is 14.8 Å². The van der Waals surface area contributed by atoms with E-state index < -0.39 is 5.97 Å². The third-order valence-electron chi connectivity index (χ3n) is 3.52. The summed E-state index contributed by atoms with van der Waals surface area (Å²) in [5, 5.41) is 4.05. The van der Waals surface area contributed by atoms with Crippen LogP contribution in [-0.4, -0.2) is 27.8 Å². The molecule has 0 saturated heterocycles. The number of nitrogens with zero attached hydrogens (tertiary/aromatic N) is 3. The molecule has 0 bridgehead atoms. The number of ether oxygens (including phenoxy) is 2. The van der Waals surface area contributed by atoms with E-state index in [0.29, 0.717) is 23.6 Å². The SMILES string of the molecule is COc1cc(C)ccc1OC(=O)c1ccc(Cn2cncn2)cc1. The average molecular weight is 323 g/mol. The Morgan fingerprint density at radius 3 is 2.58 bits per heavy atom. The minimum Gasteiger partial charge on any atom is -0.493 e. The van der Waals surface area contributed by atoms with Gasteiger partial charge < -0.3 is 9.47 Å². The van der Waals surface area contributed by atoms with Crippen LogP contribution in [0.1, 0.15) is 21.5 Å². The summed E-state index contributed by atoms with van der Waals surface area (Å²) in [4.78, 5) is 16.2. The first-order valence-corrected chi connectivity index (χ1v) is 7.44. The number of rotatable bonds is 5. The molecule has 0 aliphatic rings. The molecule has 0 radical (unpaired) electrons. The van der Waals surface area contributed by atoms with Gasteiger partial charge in [-0.15, -0.1) is 0 Å². The largest absolute Gasteiger partial charge is 0.493 e. The fourth-order valence-corrected chi connectivity index (χ4v) is 2.27. The van der Waals surface area contributed by atoms with Gasteiger partial charge in [0.25, 0.3) is 0 Å². The van der Waals surface area contributed by atoms with Gasteiger partial charge in [0.15, 0.2) is 11.5 Å². The quantitative estimate of drug-likeness (QED) is 0.533. The van der Waals surface area contributed by atoms with Gasteiger partial charge in [-0.05, 0) is 42.3 Å². The van der Waals surface area contributed by atoms with E-state index in [9.17, 15) is 4.79 Å². The summed E-state index contributed by atoms with van der Waals surface area (Å²) >= 11 is 0. The number of benzene rings is 2. The summed E-state index contributed by atoms with van der Waals surface area (Å²) in [5.74, 6) is 0.510. The Balaban J connectivity index is 1.71. The number of esters is 1. The Hall–Kier alpha value is -3.15. The fraction of sp³-hybridized carbons (Fsp3) is 0.167. The van der Waals surface area contributed by atoms with Crippen LogP contribution in [0.25, 0.3) is 0 Å². The van der Waals surface area contributed by atoms with Crippen molar-refractivity contribution in [2.75, 3.05) is 7.11 Å². The van der Waals surface area contributed by atoms with E-state index in [2.05, 4.69) is 10.1 Å². The Labute approximate surface area is 139 Å². The molecule has 1 aromatic heterocycles. The van der Waals surface area contributed by atoms with Crippen LogP contribution in [0.5, 0.6) is 11.5 Å². The maximum atomic E-state index is 12.3. The molecule has 122 valence electrons. The summed E-state index contributed by atoms with van der Waals surface area (Å²) in [7, 11) is 1.55. The summed E-state index contributed by atoms with van der Waals surface area (Å²) in [6.07, 6.45) is 3.13. The zero-order valence-corrected chi connectivity index (χ0v) is 13.5. The van der Waals surface area contributed by atoms with E-state index in [1.54, 1.807) is 36.3 Å². The molecule has 0 amide bonds. The molecule has 0 aliphatic heterocycles. The monoisotopic (exact) mass is 323 g/mol. The molecule has 0 unspecified atom stereocenters. The van der Waals surface area contributed by atoms with Gasteiger partial charge in [0.2, 0.25) is 0 Å². The van der Waals surface area contributed by atoms with Crippen LogP contribution in [0.4, 0.5) is 0 Å². The van der Waals surface area contributed by atoms with E-state index in [0.717, 1.165) is 11.1 Å². The third kappa shape index (κ3) is 3.60. The number of aryl methyl sites for hydroxylation is 1. The molecule has 0 fully saturated rings. The lowest BCUT2D eigenvalue weighted by Crippen LogP contribution is -2.09. The number of hydrogen-bond acceptors (Lipinski definition) is 5. The average Bonchev–Trinajstić information content (AvgIpc) is 3.10. The van der Waals surface area contributed by atoms with Gasteiger partial charge in [-0.1, -0.05) is 18.2 Å². The fourth-order valence-electron chi connectivity index (χ4n) is 2.27. The lowest BCUT2D eigenvalue weighted by molar-refractivity contribution is 0.0729. The number of carbonyl (C=O) groups excluding carboxylic acids is 1. The van der Waals surface area contributed by atoms with Crippen molar-refractivity contribution in [3.05, 3.63) is 71.8 Å². The smallest absolute Gasteiger partial charge is 0.343 e. The summed E-state index contributed by atoms with van der Waals surface area (Å²) < 4.78 is 12.4. The van der Waals surface area contributed by atoms with Crippen LogP contribution in [0.15, 0.2) is 55.1 Å². The van der Waals surface area contributed by atoms with Crippen LogP contribution in [0.2, 0.25) is 0 Å². The normalized spacial score (nSPS) is 10.4. The van der Waals surface area contributed by atoms with E-state index >= 15 is 0 Å². The van der Waals surface area contributed by atoms with E-state index in [1.165, 1.54) is 6.33 Å². The molecule has 1 heterocycles. The van der Waals surface area contributed by atoms with Crippen molar-refractivity contribution in [3.8, 4) is 11.5 Å². The van der Waals surface area contributed by atoms with Crippen LogP contribution in [0.3, 0.4) is 0 Å². The highest BCUT2D eigenvalue weighted by Gasteiger charge is 2.12. The maximum absolute atomic E-state index is 12.3. The second-order valence-electron chi connectivity index (χ2n) is 5.33. The van der Waals surface area contributed by atoms with Crippen LogP contribution in [-0.2, 0) is 6.54 Å². The minimum absolute atomic E-state index is 0.403. The molecule has 6 nitrogen and oxygen atoms in total. The molecular weight excluding hydrogens is 306 g/mol. The molecule has 6 heteroatoms. The van der Waals surface area contributed by atoms with E-state index in [-0.39, 0.29) is 0 Å². The van der Waals surface area contributed by atoms with E-state index in [4.69, 9.17) is 9.47 Å². The third-order valence-corrected chi connectivity index (χ3v) is 3.52. The lowest BCUT2D eigenvalue weighted by atomic mass is 10.1. The highest BCUT2D eigenvalue weighted by Crippen LogP contribution is 2.28. The van der Waals surface area contributed by atoms with Gasteiger partial charge in [-0.2, -0.15) is 5.10 Å². The first kappa shape index (κ1) is 15.7. The first-order valence-electron chi connectivity index (χ1n) is 7.44. The molecule has 0 atom stereocenters. The predicted molar refractivity (Wildman–Crippen MR) is 88.3 cm³/mol. The molecule has 0 spiro atoms. The van der Waals surface area contributed by atoms with Crippen molar-refractivity contribution in [1.29, 1.82) is 0 Å². The lowest BCUT2D eigenvalue weighted by Gasteiger charge is -2.10. The Kier molecular flexibility index (Phi) is 4.56. The first-order chi connectivity index (χ1) is 11.7. The molecule has 3 aromatic rings. The highest BCUT2D eigenvalue weighted by molar-refractivity contribution is 5.91. The number of methoxy groups -OCH3 is 1. The van der Waals surface area contributed by atoms with Crippen molar-refractivity contribution in [2.45, 2.75) is 13.5 Å². The molecule has 24 heavy (non-hydrogen) atoms. The van der Waals surface area contributed by atoms with Gasteiger partial charge in [0, 0.05) is 0 Å².